The summed E-state index contributed by atoms with van der Waals surface area (Å²) in [4.78, 5) is 4.97. The van der Waals surface area contributed by atoms with Crippen molar-refractivity contribution in [3.8, 4) is 22.3 Å². The number of fused-ring (bicyclic) bond motifs is 1. The van der Waals surface area contributed by atoms with Gasteiger partial charge < -0.3 is 5.32 Å². The van der Waals surface area contributed by atoms with Crippen molar-refractivity contribution in [2.75, 3.05) is 5.32 Å². The molecule has 1 aliphatic rings. The van der Waals surface area contributed by atoms with E-state index >= 15 is 0 Å². The summed E-state index contributed by atoms with van der Waals surface area (Å²) in [5.41, 5.74) is 9.30. The van der Waals surface area contributed by atoms with E-state index in [4.69, 9.17) is 4.99 Å². The molecule has 0 fully saturated rings. The molecule has 4 aromatic carbocycles. The van der Waals surface area contributed by atoms with Crippen LogP contribution in [0.25, 0.3) is 22.3 Å². The quantitative estimate of drug-likeness (QED) is 0.428. The lowest BCUT2D eigenvalue weighted by atomic mass is 9.91. The first kappa shape index (κ1) is 17.4. The van der Waals surface area contributed by atoms with E-state index in [9.17, 15) is 0 Å². The second-order valence-corrected chi connectivity index (χ2v) is 7.37. The normalized spacial score (nSPS) is 15.2. The largest absolute Gasteiger partial charge is 0.363 e. The molecular formula is C27H22N2. The molecule has 1 aliphatic heterocycles. The predicted octanol–water partition coefficient (Wildman–Crippen LogP) is 6.63. The Kier molecular flexibility index (Phi) is 4.45. The number of hydrogen-bond donors (Lipinski definition) is 1. The molecule has 5 rings (SSSR count). The molecule has 0 saturated heterocycles. The van der Waals surface area contributed by atoms with E-state index in [1.807, 2.05) is 0 Å². The van der Waals surface area contributed by atoms with Crippen LogP contribution >= 0.6 is 0 Å². The molecule has 0 aromatic heterocycles. The van der Waals surface area contributed by atoms with E-state index in [1.54, 1.807) is 0 Å². The van der Waals surface area contributed by atoms with Gasteiger partial charge in [-0.15, -0.1) is 0 Å². The number of nitrogens with one attached hydrogen (secondary N) is 1. The molecule has 0 radical (unpaired) electrons. The van der Waals surface area contributed by atoms with Gasteiger partial charge >= 0.3 is 0 Å². The monoisotopic (exact) mass is 374 g/mol. The Labute approximate surface area is 171 Å². The number of hydrogen-bond acceptors (Lipinski definition) is 2. The van der Waals surface area contributed by atoms with Gasteiger partial charge in [0.1, 0.15) is 6.17 Å². The zero-order valence-electron chi connectivity index (χ0n) is 16.3. The summed E-state index contributed by atoms with van der Waals surface area (Å²) in [6.45, 7) is 2.09. The van der Waals surface area contributed by atoms with Crippen molar-refractivity contribution in [1.82, 2.24) is 0 Å². The van der Waals surface area contributed by atoms with Gasteiger partial charge in [0, 0.05) is 16.8 Å². The lowest BCUT2D eigenvalue weighted by Crippen LogP contribution is -2.23. The fourth-order valence-electron chi connectivity index (χ4n) is 3.92. The molecule has 1 atom stereocenters. The van der Waals surface area contributed by atoms with Crippen molar-refractivity contribution in [3.63, 3.8) is 0 Å². The second kappa shape index (κ2) is 7.40. The summed E-state index contributed by atoms with van der Waals surface area (Å²) < 4.78 is 0. The van der Waals surface area contributed by atoms with Crippen LogP contribution in [0.1, 0.15) is 18.1 Å². The van der Waals surface area contributed by atoms with Gasteiger partial charge in [-0.1, -0.05) is 78.9 Å². The highest BCUT2D eigenvalue weighted by Gasteiger charge is 2.19. The van der Waals surface area contributed by atoms with Crippen LogP contribution in [0.4, 0.5) is 5.69 Å². The summed E-state index contributed by atoms with van der Waals surface area (Å²) in [5, 5.41) is 3.46. The van der Waals surface area contributed by atoms with Crippen LogP contribution in [0.2, 0.25) is 0 Å². The number of anilines is 1. The Morgan fingerprint density at radius 1 is 0.586 bits per heavy atom. The highest BCUT2D eigenvalue weighted by Crippen LogP contribution is 2.32. The van der Waals surface area contributed by atoms with Crippen LogP contribution in [0.5, 0.6) is 0 Å². The fraction of sp³-hybridized carbons (Fsp3) is 0.0741. The zero-order chi connectivity index (χ0) is 19.6. The van der Waals surface area contributed by atoms with Crippen molar-refractivity contribution in [1.29, 1.82) is 0 Å². The molecule has 0 saturated carbocycles. The molecule has 140 valence electrons. The molecule has 1 unspecified atom stereocenters. The first-order valence-electron chi connectivity index (χ1n) is 9.98. The van der Waals surface area contributed by atoms with Gasteiger partial charge in [0.25, 0.3) is 0 Å². The topological polar surface area (TPSA) is 24.4 Å². The van der Waals surface area contributed by atoms with Gasteiger partial charge in [-0.2, -0.15) is 0 Å². The van der Waals surface area contributed by atoms with Gasteiger partial charge in [0.05, 0.1) is 5.71 Å². The van der Waals surface area contributed by atoms with E-state index in [2.05, 4.69) is 115 Å². The van der Waals surface area contributed by atoms with Crippen LogP contribution in [0, 0.1) is 0 Å². The van der Waals surface area contributed by atoms with E-state index in [0.717, 1.165) is 22.5 Å². The molecule has 4 aromatic rings. The molecule has 2 heteroatoms. The molecule has 0 amide bonds. The third-order valence-electron chi connectivity index (χ3n) is 5.29. The Bertz CT molecular complexity index is 1120. The highest BCUT2D eigenvalue weighted by molar-refractivity contribution is 6.17. The first-order chi connectivity index (χ1) is 14.3. The summed E-state index contributed by atoms with van der Waals surface area (Å²) in [5.74, 6) is 0. The van der Waals surface area contributed by atoms with Gasteiger partial charge in [-0.3, -0.25) is 4.99 Å². The Morgan fingerprint density at radius 2 is 1.10 bits per heavy atom. The number of nitrogens with zero attached hydrogens (tertiary/aromatic N) is 1. The maximum atomic E-state index is 4.97. The maximum absolute atomic E-state index is 4.97. The van der Waals surface area contributed by atoms with Crippen LogP contribution in [-0.4, -0.2) is 11.9 Å². The third-order valence-corrected chi connectivity index (χ3v) is 5.29. The second-order valence-electron chi connectivity index (χ2n) is 7.37. The first-order valence-corrected chi connectivity index (χ1v) is 9.98. The van der Waals surface area contributed by atoms with Crippen molar-refractivity contribution >= 4 is 11.4 Å². The number of benzene rings is 4. The average molecular weight is 374 g/mol. The predicted molar refractivity (Wildman–Crippen MR) is 122 cm³/mol. The molecule has 0 spiro atoms. The summed E-state index contributed by atoms with van der Waals surface area (Å²) >= 11 is 0. The maximum Gasteiger partial charge on any atom is 0.116 e. The fourth-order valence-corrected chi connectivity index (χ4v) is 3.92. The minimum Gasteiger partial charge on any atom is -0.363 e. The van der Waals surface area contributed by atoms with Gasteiger partial charge in [-0.05, 0) is 53.4 Å². The lowest BCUT2D eigenvalue weighted by Gasteiger charge is -2.24. The summed E-state index contributed by atoms with van der Waals surface area (Å²) in [6.07, 6.45) is 0.0421. The molecule has 1 heterocycles. The Hall–Kier alpha value is -3.65. The number of aliphatic imine (C=N–C) groups is 1. The van der Waals surface area contributed by atoms with Crippen LogP contribution in [0.15, 0.2) is 108 Å². The number of rotatable bonds is 3. The molecule has 0 bridgehead atoms. The Morgan fingerprint density at radius 3 is 1.72 bits per heavy atom. The minimum absolute atomic E-state index is 0.0421. The zero-order valence-corrected chi connectivity index (χ0v) is 16.3. The number of para-hydroxylation sites is 1. The van der Waals surface area contributed by atoms with Crippen LogP contribution in [0.3, 0.4) is 0 Å². The third kappa shape index (κ3) is 3.45. The molecule has 0 aliphatic carbocycles. The van der Waals surface area contributed by atoms with Crippen LogP contribution < -0.4 is 5.32 Å². The minimum atomic E-state index is 0.0421. The molecule has 2 nitrogen and oxygen atoms in total. The van der Waals surface area contributed by atoms with E-state index < -0.39 is 0 Å². The summed E-state index contributed by atoms with van der Waals surface area (Å²) in [7, 11) is 0. The van der Waals surface area contributed by atoms with Crippen molar-refractivity contribution in [3.05, 3.63) is 114 Å². The van der Waals surface area contributed by atoms with E-state index in [1.165, 1.54) is 22.3 Å². The van der Waals surface area contributed by atoms with Gasteiger partial charge in [0.15, 0.2) is 0 Å². The smallest absolute Gasteiger partial charge is 0.116 e. The average Bonchev–Trinajstić information content (AvgIpc) is 2.79. The van der Waals surface area contributed by atoms with Crippen molar-refractivity contribution in [2.24, 2.45) is 4.99 Å². The standard InChI is InChI=1S/C27H22N2/c1-19-28-26-15-9-8-14-25(26)27(29-19)24-17-22(20-10-4-2-5-11-20)16-23(18-24)21-12-6-3-7-13-21/h2-19,28H,1H3. The molecule has 29 heavy (non-hydrogen) atoms. The van der Waals surface area contributed by atoms with E-state index in [0.29, 0.717) is 0 Å². The van der Waals surface area contributed by atoms with Gasteiger partial charge in [0.2, 0.25) is 0 Å². The highest BCUT2D eigenvalue weighted by atomic mass is 15.1. The van der Waals surface area contributed by atoms with Gasteiger partial charge in [-0.25, -0.2) is 0 Å². The summed E-state index contributed by atoms with van der Waals surface area (Å²) in [6, 6.07) is 36.3. The Balaban J connectivity index is 1.73. The SMILES string of the molecule is CC1N=C(c2cc(-c3ccccc3)cc(-c3ccccc3)c2)c2ccccc2N1. The van der Waals surface area contributed by atoms with Crippen molar-refractivity contribution < 1.29 is 0 Å². The molecular weight excluding hydrogens is 352 g/mol. The lowest BCUT2D eigenvalue weighted by molar-refractivity contribution is 0.843. The van der Waals surface area contributed by atoms with Crippen LogP contribution in [-0.2, 0) is 0 Å². The van der Waals surface area contributed by atoms with E-state index in [-0.39, 0.29) is 6.17 Å². The molecule has 1 N–H and O–H groups in total. The van der Waals surface area contributed by atoms with Crippen molar-refractivity contribution in [2.45, 2.75) is 13.1 Å².